The fourth-order valence-corrected chi connectivity index (χ4v) is 3.44. The average molecular weight is 339 g/mol. The highest BCUT2D eigenvalue weighted by Gasteiger charge is 2.14. The van der Waals surface area contributed by atoms with E-state index in [4.69, 9.17) is 4.74 Å². The van der Waals surface area contributed by atoms with Gasteiger partial charge in [0.2, 0.25) is 0 Å². The number of aromatic nitrogens is 3. The number of hydrogen-bond acceptors (Lipinski definition) is 5. The van der Waals surface area contributed by atoms with Crippen LogP contribution in [0.5, 0.6) is 0 Å². The first-order valence-corrected chi connectivity index (χ1v) is 9.18. The fourth-order valence-electron chi connectivity index (χ4n) is 2.24. The van der Waals surface area contributed by atoms with Gasteiger partial charge in [-0.15, -0.1) is 0 Å². The molecule has 0 atom stereocenters. The summed E-state index contributed by atoms with van der Waals surface area (Å²) in [5, 5.41) is 4.24. The second-order valence-electron chi connectivity index (χ2n) is 5.23. The summed E-state index contributed by atoms with van der Waals surface area (Å²) in [5.74, 6) is 0.590. The number of nitrogens with zero attached hydrogens (tertiary/aromatic N) is 3. The van der Waals surface area contributed by atoms with E-state index >= 15 is 0 Å². The Balaban J connectivity index is 2.08. The topological polar surface area (TPSA) is 83.2 Å². The van der Waals surface area contributed by atoms with Gasteiger partial charge in [0.25, 0.3) is 0 Å². The summed E-state index contributed by atoms with van der Waals surface area (Å²) >= 11 is 0. The van der Waals surface area contributed by atoms with Gasteiger partial charge >= 0.3 is 5.69 Å². The Labute approximate surface area is 135 Å². The lowest BCUT2D eigenvalue weighted by Gasteiger charge is -2.05. The van der Waals surface area contributed by atoms with Crippen LogP contribution in [-0.4, -0.2) is 48.0 Å². The first-order valence-electron chi connectivity index (χ1n) is 7.36. The molecule has 2 rings (SSSR count). The van der Waals surface area contributed by atoms with Crippen LogP contribution in [0, 0.1) is 6.92 Å². The van der Waals surface area contributed by atoms with Crippen LogP contribution in [0.25, 0.3) is 5.69 Å². The van der Waals surface area contributed by atoms with Gasteiger partial charge in [0.1, 0.15) is 5.82 Å². The van der Waals surface area contributed by atoms with Gasteiger partial charge in [0, 0.05) is 13.7 Å². The van der Waals surface area contributed by atoms with Gasteiger partial charge in [-0.3, -0.25) is 4.57 Å². The highest BCUT2D eigenvalue weighted by molar-refractivity contribution is 7.91. The van der Waals surface area contributed by atoms with Gasteiger partial charge < -0.3 is 4.74 Å². The lowest BCUT2D eigenvalue weighted by Crippen LogP contribution is -2.25. The smallest absolute Gasteiger partial charge is 0.350 e. The molecular weight excluding hydrogens is 318 g/mol. The van der Waals surface area contributed by atoms with Gasteiger partial charge in [-0.25, -0.2) is 13.2 Å². The normalized spacial score (nSPS) is 11.7. The summed E-state index contributed by atoms with van der Waals surface area (Å²) in [6.45, 7) is 2.25. The number of hydrogen-bond donors (Lipinski definition) is 0. The number of methoxy groups -OCH3 is 1. The zero-order valence-electron chi connectivity index (χ0n) is 13.3. The lowest BCUT2D eigenvalue weighted by atomic mass is 10.3. The monoisotopic (exact) mass is 339 g/mol. The summed E-state index contributed by atoms with van der Waals surface area (Å²) in [6, 6.07) is 9.13. The Morgan fingerprint density at radius 1 is 1.17 bits per heavy atom. The van der Waals surface area contributed by atoms with Crippen LogP contribution < -0.4 is 5.69 Å². The minimum Gasteiger partial charge on any atom is -0.384 e. The molecule has 0 amide bonds. The highest BCUT2D eigenvalue weighted by Crippen LogP contribution is 2.04. The minimum atomic E-state index is -3.15. The lowest BCUT2D eigenvalue weighted by molar-refractivity contribution is 0.217. The van der Waals surface area contributed by atoms with Crippen LogP contribution in [0.1, 0.15) is 12.2 Å². The highest BCUT2D eigenvalue weighted by atomic mass is 32.2. The molecule has 126 valence electrons. The number of benzene rings is 1. The van der Waals surface area contributed by atoms with Crippen molar-refractivity contribution in [3.63, 3.8) is 0 Å². The molecular formula is C15H21N3O4S. The molecule has 0 saturated carbocycles. The van der Waals surface area contributed by atoms with Crippen molar-refractivity contribution in [2.75, 3.05) is 25.2 Å². The van der Waals surface area contributed by atoms with Crippen LogP contribution in [0.3, 0.4) is 0 Å². The van der Waals surface area contributed by atoms with Crippen LogP contribution in [0.15, 0.2) is 35.1 Å². The SMILES string of the molecule is COCCS(=O)(=O)CCCn1c(C)nn(-c2ccccc2)c1=O. The van der Waals surface area contributed by atoms with Crippen LogP contribution in [0.4, 0.5) is 0 Å². The molecule has 0 saturated heterocycles. The summed E-state index contributed by atoms with van der Waals surface area (Å²) < 4.78 is 31.2. The molecule has 1 aromatic carbocycles. The van der Waals surface area contributed by atoms with E-state index in [9.17, 15) is 13.2 Å². The zero-order chi connectivity index (χ0) is 16.9. The Hall–Kier alpha value is -1.93. The third-order valence-corrected chi connectivity index (χ3v) is 5.18. The molecule has 0 aliphatic rings. The number of rotatable bonds is 8. The zero-order valence-corrected chi connectivity index (χ0v) is 14.1. The van der Waals surface area contributed by atoms with Crippen molar-refractivity contribution >= 4 is 9.84 Å². The molecule has 0 fully saturated rings. The first kappa shape index (κ1) is 17.4. The van der Waals surface area contributed by atoms with Crippen molar-refractivity contribution < 1.29 is 13.2 Å². The Kier molecular flexibility index (Phi) is 5.73. The van der Waals surface area contributed by atoms with E-state index in [-0.39, 0.29) is 23.8 Å². The number of sulfone groups is 1. The molecule has 2 aromatic rings. The second-order valence-corrected chi connectivity index (χ2v) is 7.53. The fraction of sp³-hybridized carbons (Fsp3) is 0.467. The van der Waals surface area contributed by atoms with Crippen molar-refractivity contribution in [2.24, 2.45) is 0 Å². The number of para-hydroxylation sites is 1. The van der Waals surface area contributed by atoms with Gasteiger partial charge in [-0.1, -0.05) is 18.2 Å². The summed E-state index contributed by atoms with van der Waals surface area (Å²) in [6.07, 6.45) is 0.368. The summed E-state index contributed by atoms with van der Waals surface area (Å²) in [7, 11) is -1.68. The van der Waals surface area contributed by atoms with Crippen molar-refractivity contribution in [2.45, 2.75) is 19.9 Å². The van der Waals surface area contributed by atoms with Crippen LogP contribution in [-0.2, 0) is 21.1 Å². The van der Waals surface area contributed by atoms with Gasteiger partial charge in [0.05, 0.1) is 23.8 Å². The Morgan fingerprint density at radius 3 is 2.52 bits per heavy atom. The van der Waals surface area contributed by atoms with E-state index in [0.29, 0.717) is 24.5 Å². The molecule has 0 aliphatic carbocycles. The molecule has 0 spiro atoms. The van der Waals surface area contributed by atoms with Crippen molar-refractivity contribution in [3.8, 4) is 5.69 Å². The van der Waals surface area contributed by atoms with Gasteiger partial charge in [-0.2, -0.15) is 9.78 Å². The maximum Gasteiger partial charge on any atom is 0.350 e. The third kappa shape index (κ3) is 4.52. The Morgan fingerprint density at radius 2 is 1.87 bits per heavy atom. The molecule has 0 bridgehead atoms. The van der Waals surface area contributed by atoms with E-state index in [0.717, 1.165) is 0 Å². The van der Waals surface area contributed by atoms with Crippen molar-refractivity contribution in [3.05, 3.63) is 46.6 Å². The maximum absolute atomic E-state index is 12.4. The van der Waals surface area contributed by atoms with Gasteiger partial charge in [0.15, 0.2) is 9.84 Å². The van der Waals surface area contributed by atoms with Gasteiger partial charge in [-0.05, 0) is 25.5 Å². The molecule has 7 nitrogen and oxygen atoms in total. The molecule has 23 heavy (non-hydrogen) atoms. The van der Waals surface area contributed by atoms with E-state index in [1.807, 2.05) is 18.2 Å². The van der Waals surface area contributed by atoms with E-state index in [1.165, 1.54) is 16.4 Å². The predicted molar refractivity (Wildman–Crippen MR) is 87.7 cm³/mol. The quantitative estimate of drug-likeness (QED) is 0.710. The van der Waals surface area contributed by atoms with Crippen LogP contribution in [0.2, 0.25) is 0 Å². The average Bonchev–Trinajstić information content (AvgIpc) is 2.82. The largest absolute Gasteiger partial charge is 0.384 e. The minimum absolute atomic E-state index is 0.000653. The molecule has 0 N–H and O–H groups in total. The van der Waals surface area contributed by atoms with Crippen LogP contribution >= 0.6 is 0 Å². The van der Waals surface area contributed by atoms with Crippen molar-refractivity contribution in [1.29, 1.82) is 0 Å². The molecule has 8 heteroatoms. The Bertz CT molecular complexity index is 794. The third-order valence-electron chi connectivity index (χ3n) is 3.48. The first-order chi connectivity index (χ1) is 10.9. The molecule has 1 aromatic heterocycles. The maximum atomic E-state index is 12.4. The number of ether oxygens (including phenoxy) is 1. The van der Waals surface area contributed by atoms with Crippen molar-refractivity contribution in [1.82, 2.24) is 14.3 Å². The predicted octanol–water partition coefficient (Wildman–Crippen LogP) is 0.794. The van der Waals surface area contributed by atoms with E-state index in [1.54, 1.807) is 19.1 Å². The molecule has 0 unspecified atom stereocenters. The number of aryl methyl sites for hydroxylation is 1. The molecule has 0 aliphatic heterocycles. The standard InChI is InChI=1S/C15H21N3O4S/c1-13-16-18(14-7-4-3-5-8-14)15(19)17(13)9-6-11-23(20,21)12-10-22-2/h3-5,7-8H,6,9-12H2,1-2H3. The molecule has 0 radical (unpaired) electrons. The van der Waals surface area contributed by atoms with E-state index in [2.05, 4.69) is 5.10 Å². The van der Waals surface area contributed by atoms with E-state index < -0.39 is 9.84 Å². The summed E-state index contributed by atoms with van der Waals surface area (Å²) in [5.41, 5.74) is 0.426. The second kappa shape index (κ2) is 7.56. The molecule has 1 heterocycles. The summed E-state index contributed by atoms with van der Waals surface area (Å²) in [4.78, 5) is 12.4.